The summed E-state index contributed by atoms with van der Waals surface area (Å²) < 4.78 is 17.9. The maximum atomic E-state index is 12.8. The van der Waals surface area contributed by atoms with Gasteiger partial charge in [-0.15, -0.1) is 0 Å². The molecule has 2 rings (SSSR count). The number of aliphatic hydroxyl groups is 1. The van der Waals surface area contributed by atoms with Gasteiger partial charge in [0, 0.05) is 12.0 Å². The lowest BCUT2D eigenvalue weighted by Gasteiger charge is -2.15. The highest BCUT2D eigenvalue weighted by Gasteiger charge is 2.14. The molecule has 0 aliphatic carbocycles. The summed E-state index contributed by atoms with van der Waals surface area (Å²) in [6.45, 7) is 0. The molecule has 1 unspecified atom stereocenters. The molecule has 3 nitrogen and oxygen atoms in total. The Hall–Kier alpha value is -2.07. The van der Waals surface area contributed by atoms with Gasteiger partial charge in [-0.05, 0) is 23.8 Å². The number of halogens is 1. The number of anilines is 1. The summed E-state index contributed by atoms with van der Waals surface area (Å²) in [5.41, 5.74) is 7.82. The number of para-hydroxylation sites is 1. The van der Waals surface area contributed by atoms with Gasteiger partial charge in [0.15, 0.2) is 0 Å². The molecule has 0 saturated carbocycles. The standard InChI is InChI=1S/C15H16FNO2/c1-19-14-4-2-3-12(15(14)17)13(18)9-10-5-7-11(16)8-6-10/h2-8,13,18H,9,17H2,1H3. The van der Waals surface area contributed by atoms with E-state index in [1.165, 1.54) is 19.2 Å². The molecule has 19 heavy (non-hydrogen) atoms. The second-order valence-electron chi connectivity index (χ2n) is 4.31. The minimum absolute atomic E-state index is 0.292. The van der Waals surface area contributed by atoms with E-state index in [9.17, 15) is 9.50 Å². The molecule has 3 N–H and O–H groups in total. The maximum absolute atomic E-state index is 12.8. The van der Waals surface area contributed by atoms with Gasteiger partial charge in [-0.1, -0.05) is 24.3 Å². The van der Waals surface area contributed by atoms with E-state index in [1.807, 2.05) is 0 Å². The molecule has 0 amide bonds. The van der Waals surface area contributed by atoms with Gasteiger partial charge in [0.05, 0.1) is 18.9 Å². The van der Waals surface area contributed by atoms with Crippen LogP contribution in [-0.2, 0) is 6.42 Å². The minimum atomic E-state index is -0.749. The predicted molar refractivity (Wildman–Crippen MR) is 72.5 cm³/mol. The Bertz CT molecular complexity index is 555. The number of benzene rings is 2. The third-order valence-electron chi connectivity index (χ3n) is 3.02. The number of ether oxygens (including phenoxy) is 1. The second kappa shape index (κ2) is 5.71. The van der Waals surface area contributed by atoms with E-state index >= 15 is 0 Å². The van der Waals surface area contributed by atoms with Crippen LogP contribution in [0, 0.1) is 5.82 Å². The van der Waals surface area contributed by atoms with Crippen LogP contribution in [0.4, 0.5) is 10.1 Å². The number of hydrogen-bond acceptors (Lipinski definition) is 3. The van der Waals surface area contributed by atoms with Crippen LogP contribution in [0.2, 0.25) is 0 Å². The molecule has 4 heteroatoms. The lowest BCUT2D eigenvalue weighted by Crippen LogP contribution is -2.06. The molecule has 100 valence electrons. The first-order valence-electron chi connectivity index (χ1n) is 5.96. The molecule has 0 fully saturated rings. The van der Waals surface area contributed by atoms with Crippen molar-refractivity contribution in [2.45, 2.75) is 12.5 Å². The zero-order valence-electron chi connectivity index (χ0n) is 10.6. The Kier molecular flexibility index (Phi) is 4.02. The molecule has 2 aromatic carbocycles. The quantitative estimate of drug-likeness (QED) is 0.832. The first-order valence-corrected chi connectivity index (χ1v) is 5.96. The van der Waals surface area contributed by atoms with Crippen LogP contribution in [0.15, 0.2) is 42.5 Å². The van der Waals surface area contributed by atoms with Gasteiger partial charge < -0.3 is 15.6 Å². The summed E-state index contributed by atoms with van der Waals surface area (Å²) >= 11 is 0. The van der Waals surface area contributed by atoms with E-state index in [2.05, 4.69) is 0 Å². The zero-order chi connectivity index (χ0) is 13.8. The van der Waals surface area contributed by atoms with Crippen molar-refractivity contribution in [2.24, 2.45) is 0 Å². The summed E-state index contributed by atoms with van der Waals surface area (Å²) in [7, 11) is 1.53. The van der Waals surface area contributed by atoms with E-state index in [0.29, 0.717) is 23.4 Å². The fraction of sp³-hybridized carbons (Fsp3) is 0.200. The molecule has 0 aliphatic rings. The van der Waals surface area contributed by atoms with Crippen molar-refractivity contribution in [1.82, 2.24) is 0 Å². The van der Waals surface area contributed by atoms with E-state index in [0.717, 1.165) is 5.56 Å². The highest BCUT2D eigenvalue weighted by Crippen LogP contribution is 2.30. The van der Waals surface area contributed by atoms with Crippen molar-refractivity contribution in [3.8, 4) is 5.75 Å². The number of nitrogen functional groups attached to an aromatic ring is 1. The van der Waals surface area contributed by atoms with Crippen LogP contribution < -0.4 is 10.5 Å². The highest BCUT2D eigenvalue weighted by atomic mass is 19.1. The predicted octanol–water partition coefficient (Wildman–Crippen LogP) is 2.69. The van der Waals surface area contributed by atoms with Crippen LogP contribution in [0.25, 0.3) is 0 Å². The summed E-state index contributed by atoms with van der Waals surface area (Å²) in [5, 5.41) is 10.2. The number of aliphatic hydroxyl groups excluding tert-OH is 1. The largest absolute Gasteiger partial charge is 0.495 e. The van der Waals surface area contributed by atoms with Gasteiger partial charge in [-0.2, -0.15) is 0 Å². The average molecular weight is 261 g/mol. The van der Waals surface area contributed by atoms with Crippen LogP contribution in [0.3, 0.4) is 0 Å². The molecule has 0 bridgehead atoms. The van der Waals surface area contributed by atoms with Gasteiger partial charge in [0.25, 0.3) is 0 Å². The molecule has 2 aromatic rings. The van der Waals surface area contributed by atoms with E-state index in [-0.39, 0.29) is 5.82 Å². The van der Waals surface area contributed by atoms with E-state index in [1.54, 1.807) is 30.3 Å². The number of methoxy groups -OCH3 is 1. The van der Waals surface area contributed by atoms with Gasteiger partial charge in [0.1, 0.15) is 11.6 Å². The Balaban J connectivity index is 2.20. The van der Waals surface area contributed by atoms with Crippen molar-refractivity contribution in [3.05, 3.63) is 59.4 Å². The summed E-state index contributed by atoms with van der Waals surface area (Å²) in [5.74, 6) is 0.245. The lowest BCUT2D eigenvalue weighted by molar-refractivity contribution is 0.179. The van der Waals surface area contributed by atoms with E-state index < -0.39 is 6.10 Å². The number of nitrogens with two attached hydrogens (primary N) is 1. The molecule has 0 saturated heterocycles. The highest BCUT2D eigenvalue weighted by molar-refractivity contribution is 5.59. The molecule has 0 radical (unpaired) electrons. The zero-order valence-corrected chi connectivity index (χ0v) is 10.6. The van der Waals surface area contributed by atoms with Crippen molar-refractivity contribution in [2.75, 3.05) is 12.8 Å². The smallest absolute Gasteiger partial charge is 0.142 e. The molecule has 0 aliphatic heterocycles. The Morgan fingerprint density at radius 3 is 2.53 bits per heavy atom. The van der Waals surface area contributed by atoms with Crippen LogP contribution in [0.1, 0.15) is 17.2 Å². The minimum Gasteiger partial charge on any atom is -0.495 e. The molecule has 0 aromatic heterocycles. The molecule has 0 heterocycles. The lowest BCUT2D eigenvalue weighted by atomic mass is 9.99. The molecule has 0 spiro atoms. The van der Waals surface area contributed by atoms with Crippen molar-refractivity contribution in [3.63, 3.8) is 0 Å². The fourth-order valence-corrected chi connectivity index (χ4v) is 1.98. The second-order valence-corrected chi connectivity index (χ2v) is 4.31. The van der Waals surface area contributed by atoms with Crippen LogP contribution in [-0.4, -0.2) is 12.2 Å². The van der Waals surface area contributed by atoms with Crippen molar-refractivity contribution >= 4 is 5.69 Å². The van der Waals surface area contributed by atoms with Crippen LogP contribution >= 0.6 is 0 Å². The topological polar surface area (TPSA) is 55.5 Å². The third kappa shape index (κ3) is 3.03. The summed E-state index contributed by atoms with van der Waals surface area (Å²) in [6.07, 6.45) is -0.377. The molecular weight excluding hydrogens is 245 g/mol. The maximum Gasteiger partial charge on any atom is 0.142 e. The van der Waals surface area contributed by atoms with Crippen molar-refractivity contribution < 1.29 is 14.2 Å². The SMILES string of the molecule is COc1cccc(C(O)Cc2ccc(F)cc2)c1N. The fourth-order valence-electron chi connectivity index (χ4n) is 1.98. The Labute approximate surface area is 111 Å². The average Bonchev–Trinajstić information content (AvgIpc) is 2.41. The number of hydrogen-bond donors (Lipinski definition) is 2. The van der Waals surface area contributed by atoms with Crippen LogP contribution in [0.5, 0.6) is 5.75 Å². The summed E-state index contributed by atoms with van der Waals surface area (Å²) in [4.78, 5) is 0. The van der Waals surface area contributed by atoms with Gasteiger partial charge in [-0.25, -0.2) is 4.39 Å². The molecule has 1 atom stereocenters. The first-order chi connectivity index (χ1) is 9.11. The van der Waals surface area contributed by atoms with Gasteiger partial charge in [-0.3, -0.25) is 0 Å². The monoisotopic (exact) mass is 261 g/mol. The Morgan fingerprint density at radius 1 is 1.21 bits per heavy atom. The summed E-state index contributed by atoms with van der Waals surface area (Å²) in [6, 6.07) is 11.3. The van der Waals surface area contributed by atoms with Gasteiger partial charge >= 0.3 is 0 Å². The normalized spacial score (nSPS) is 12.2. The third-order valence-corrected chi connectivity index (χ3v) is 3.02. The van der Waals surface area contributed by atoms with Gasteiger partial charge in [0.2, 0.25) is 0 Å². The molecular formula is C15H16FNO2. The van der Waals surface area contributed by atoms with Crippen molar-refractivity contribution in [1.29, 1.82) is 0 Å². The Morgan fingerprint density at radius 2 is 1.89 bits per heavy atom. The number of rotatable bonds is 4. The van der Waals surface area contributed by atoms with E-state index in [4.69, 9.17) is 10.5 Å². The first kappa shape index (κ1) is 13.4.